The number of fused-ring (bicyclic) bond motifs is 7. The molecular weight excluding hydrogens is 576 g/mol. The Bertz CT molecular complexity index is 1360. The van der Waals surface area contributed by atoms with Crippen LogP contribution in [0.2, 0.25) is 0 Å². The molecule has 0 aromatic heterocycles. The molecular formula is C34H52N4O7. The fourth-order valence-corrected chi connectivity index (χ4v) is 11.0. The minimum Gasteiger partial charge on any atom is -0.481 e. The lowest BCUT2D eigenvalue weighted by molar-refractivity contribution is -0.202. The van der Waals surface area contributed by atoms with Gasteiger partial charge in [0.15, 0.2) is 11.9 Å². The van der Waals surface area contributed by atoms with Gasteiger partial charge in [-0.3, -0.25) is 19.7 Å². The predicted molar refractivity (Wildman–Crippen MR) is 166 cm³/mol. The summed E-state index contributed by atoms with van der Waals surface area (Å²) in [5.41, 5.74) is 4.84. The van der Waals surface area contributed by atoms with E-state index in [0.29, 0.717) is 12.3 Å². The number of ketones is 1. The van der Waals surface area contributed by atoms with Gasteiger partial charge in [-0.1, -0.05) is 47.1 Å². The van der Waals surface area contributed by atoms with Gasteiger partial charge in [0.2, 0.25) is 0 Å². The summed E-state index contributed by atoms with van der Waals surface area (Å²) < 4.78 is 0. The molecule has 1 aliphatic heterocycles. The summed E-state index contributed by atoms with van der Waals surface area (Å²) >= 11 is 0. The van der Waals surface area contributed by atoms with E-state index in [2.05, 4.69) is 46.9 Å². The smallest absolute Gasteiger partial charge is 0.323 e. The second kappa shape index (κ2) is 10.5. The van der Waals surface area contributed by atoms with Crippen LogP contribution >= 0.6 is 0 Å². The van der Waals surface area contributed by atoms with Crippen LogP contribution in [0.1, 0.15) is 106 Å². The molecule has 11 heteroatoms. The van der Waals surface area contributed by atoms with E-state index in [4.69, 9.17) is 5.73 Å². The van der Waals surface area contributed by atoms with Gasteiger partial charge in [0.05, 0.1) is 11.5 Å². The molecule has 0 spiro atoms. The zero-order valence-corrected chi connectivity index (χ0v) is 27.8. The maximum Gasteiger partial charge on any atom is 0.323 e. The molecule has 1 heterocycles. The van der Waals surface area contributed by atoms with Crippen molar-refractivity contribution in [3.63, 3.8) is 0 Å². The lowest BCUT2D eigenvalue weighted by Gasteiger charge is -2.70. The molecule has 5 aliphatic carbocycles. The summed E-state index contributed by atoms with van der Waals surface area (Å²) in [7, 11) is 0. The second-order valence-electron chi connectivity index (χ2n) is 16.8. The first-order chi connectivity index (χ1) is 20.6. The van der Waals surface area contributed by atoms with Crippen molar-refractivity contribution in [2.75, 3.05) is 0 Å². The van der Waals surface area contributed by atoms with Gasteiger partial charge in [0.1, 0.15) is 0 Å². The number of nitrogens with two attached hydrogens (primary N) is 1. The Hall–Kier alpha value is -2.95. The maximum absolute atomic E-state index is 14.2. The number of carboxylic acids is 1. The quantitative estimate of drug-likeness (QED) is 0.247. The number of aliphatic carboxylic acids is 1. The third kappa shape index (κ3) is 4.90. The lowest BCUT2D eigenvalue weighted by Crippen LogP contribution is -2.66. The molecule has 6 aliphatic rings. The monoisotopic (exact) mass is 628 g/mol. The lowest BCUT2D eigenvalue weighted by atomic mass is 9.33. The summed E-state index contributed by atoms with van der Waals surface area (Å²) in [5.74, 6) is -0.557. The van der Waals surface area contributed by atoms with Crippen molar-refractivity contribution in [2.45, 2.75) is 119 Å². The van der Waals surface area contributed by atoms with Crippen LogP contribution in [0.4, 0.5) is 9.59 Å². The van der Waals surface area contributed by atoms with Crippen molar-refractivity contribution in [3.05, 3.63) is 11.6 Å². The Labute approximate surface area is 265 Å². The molecule has 4 saturated carbocycles. The molecule has 0 aromatic rings. The molecule has 250 valence electrons. The number of primary amides is 1. The van der Waals surface area contributed by atoms with E-state index in [1.165, 1.54) is 5.57 Å². The van der Waals surface area contributed by atoms with Crippen LogP contribution in [-0.4, -0.2) is 52.2 Å². The normalized spacial score (nSPS) is 46.4. The number of carboxylic acid groups (broad SMARTS) is 1. The number of aliphatic hydroxyl groups is 1. The molecule has 10 atom stereocenters. The van der Waals surface area contributed by atoms with Gasteiger partial charge >= 0.3 is 18.0 Å². The topological polar surface area (TPSA) is 188 Å². The average molecular weight is 629 g/mol. The average Bonchev–Trinajstić information content (AvgIpc) is 3.24. The molecule has 45 heavy (non-hydrogen) atoms. The minimum absolute atomic E-state index is 0.0296. The Morgan fingerprint density at radius 1 is 0.933 bits per heavy atom. The Morgan fingerprint density at radius 2 is 1.58 bits per heavy atom. The number of urea groups is 2. The highest BCUT2D eigenvalue weighted by Crippen LogP contribution is 2.75. The highest BCUT2D eigenvalue weighted by atomic mass is 16.4. The molecule has 5 fully saturated rings. The van der Waals surface area contributed by atoms with Crippen LogP contribution in [0.25, 0.3) is 0 Å². The number of carbonyl (C=O) groups excluding carboxylic acids is 4. The van der Waals surface area contributed by atoms with Crippen molar-refractivity contribution < 1.29 is 34.2 Å². The van der Waals surface area contributed by atoms with Crippen molar-refractivity contribution in [2.24, 2.45) is 56.0 Å². The largest absolute Gasteiger partial charge is 0.481 e. The highest BCUT2D eigenvalue weighted by Gasteiger charge is 2.70. The first-order valence-corrected chi connectivity index (χ1v) is 16.5. The summed E-state index contributed by atoms with van der Waals surface area (Å²) in [6.45, 7) is 15.8. The molecule has 6 rings (SSSR count). The number of imide groups is 1. The standard InChI is InChI=1S/C30H46O4.C4H6N4O3/c1-25(2)21-8-11-30(7)23(28(21,5)10-9-22(25)32)20(31)16-18-19-17-27(4,24(33)34)13-12-26(19,3)14-15-29(18,30)6;5-3(10)6-1-2(9)8-4(11)7-1/h16,19,21-23,32H,8-15,17H2,1-7H3,(H,33,34);1H,(H3,5,6,10)(H2,7,8,9,11)/t19-,21-,22-,23+,26+,27-,28-,29+,30+;/m0./s1. The van der Waals surface area contributed by atoms with E-state index in [-0.39, 0.29) is 50.8 Å². The molecule has 0 radical (unpaired) electrons. The summed E-state index contributed by atoms with van der Waals surface area (Å²) in [5, 5.41) is 27.0. The number of hydrogen-bond donors (Lipinski definition) is 6. The number of allylic oxidation sites excluding steroid dienone is 2. The number of nitrogens with one attached hydrogen (secondary N) is 3. The van der Waals surface area contributed by atoms with Crippen LogP contribution in [0.5, 0.6) is 0 Å². The van der Waals surface area contributed by atoms with Crippen molar-refractivity contribution in [1.82, 2.24) is 16.0 Å². The molecule has 11 nitrogen and oxygen atoms in total. The maximum atomic E-state index is 14.2. The summed E-state index contributed by atoms with van der Waals surface area (Å²) in [6, 6.07) is -1.51. The van der Waals surface area contributed by atoms with Gasteiger partial charge in [-0.15, -0.1) is 0 Å². The summed E-state index contributed by atoms with van der Waals surface area (Å²) in [4.78, 5) is 57.7. The van der Waals surface area contributed by atoms with Crippen molar-refractivity contribution >= 4 is 29.7 Å². The van der Waals surface area contributed by atoms with Crippen LogP contribution in [0.3, 0.4) is 0 Å². The molecule has 7 N–H and O–H groups in total. The Balaban J connectivity index is 0.000000309. The first kappa shape index (κ1) is 33.4. The van der Waals surface area contributed by atoms with Gasteiger partial charge < -0.3 is 26.6 Å². The number of amides is 5. The number of hydrogen-bond acceptors (Lipinski definition) is 6. The molecule has 1 unspecified atom stereocenters. The number of rotatable bonds is 2. The van der Waals surface area contributed by atoms with E-state index in [0.717, 1.165) is 51.4 Å². The van der Waals surface area contributed by atoms with Crippen LogP contribution in [0, 0.1) is 50.2 Å². The predicted octanol–water partition coefficient (Wildman–Crippen LogP) is 4.23. The van der Waals surface area contributed by atoms with Crippen LogP contribution < -0.4 is 21.7 Å². The second-order valence-corrected chi connectivity index (χ2v) is 16.8. The molecule has 5 amide bonds. The van der Waals surface area contributed by atoms with Crippen LogP contribution in [0.15, 0.2) is 11.6 Å². The zero-order chi connectivity index (χ0) is 33.5. The van der Waals surface area contributed by atoms with Gasteiger partial charge in [0.25, 0.3) is 5.91 Å². The van der Waals surface area contributed by atoms with Gasteiger partial charge in [-0.25, -0.2) is 9.59 Å². The Morgan fingerprint density at radius 3 is 2.16 bits per heavy atom. The van der Waals surface area contributed by atoms with Gasteiger partial charge in [-0.2, -0.15) is 0 Å². The molecule has 0 bridgehead atoms. The fraction of sp³-hybridized carbons (Fsp3) is 0.794. The van der Waals surface area contributed by atoms with E-state index >= 15 is 0 Å². The van der Waals surface area contributed by atoms with E-state index in [9.17, 15) is 34.2 Å². The third-order valence-electron chi connectivity index (χ3n) is 14.1. The van der Waals surface area contributed by atoms with E-state index < -0.39 is 35.5 Å². The first-order valence-electron chi connectivity index (χ1n) is 16.5. The van der Waals surface area contributed by atoms with Crippen molar-refractivity contribution in [1.29, 1.82) is 0 Å². The Kier molecular flexibility index (Phi) is 7.82. The number of carbonyl (C=O) groups is 5. The highest BCUT2D eigenvalue weighted by molar-refractivity contribution is 6.05. The fourth-order valence-electron chi connectivity index (χ4n) is 11.0. The minimum atomic E-state index is -1.04. The van der Waals surface area contributed by atoms with Gasteiger partial charge in [-0.05, 0) is 110 Å². The van der Waals surface area contributed by atoms with Crippen molar-refractivity contribution in [3.8, 4) is 0 Å². The molecule has 0 aromatic carbocycles. The van der Waals surface area contributed by atoms with E-state index in [1.807, 2.05) is 23.6 Å². The summed E-state index contributed by atoms with van der Waals surface area (Å²) in [6.07, 6.45) is 8.91. The van der Waals surface area contributed by atoms with E-state index in [1.54, 1.807) is 0 Å². The SMILES string of the molecule is CC1(C)[C@@H](O)CC[C@]2(C)[C@H]3C(=O)C=C4[C@@H]5C[C@@](C)(C(=O)O)CC[C@]5(C)CC[C@@]4(C)[C@]3(C)CC[C@@H]12.NC(=O)NC1NC(=O)NC1=O. The van der Waals surface area contributed by atoms with Crippen LogP contribution in [-0.2, 0) is 14.4 Å². The third-order valence-corrected chi connectivity index (χ3v) is 14.1. The zero-order valence-electron chi connectivity index (χ0n) is 27.8. The number of aliphatic hydroxyl groups excluding tert-OH is 1. The molecule has 1 saturated heterocycles. The van der Waals surface area contributed by atoms with Gasteiger partial charge in [0, 0.05) is 5.92 Å².